The number of nitrogens with zero attached hydrogens (tertiary/aromatic N) is 4. The van der Waals surface area contributed by atoms with Crippen molar-refractivity contribution in [2.45, 2.75) is 19.9 Å². The van der Waals surface area contributed by atoms with E-state index in [1.165, 1.54) is 35.9 Å². The van der Waals surface area contributed by atoms with Crippen LogP contribution in [0.1, 0.15) is 37.7 Å². The standard InChI is InChI=1S/C22H22FN5O3/c1-13-10-18(25-26(13)3)21(30)27-9-8-17-14(11-27)12-28(16-6-4-15(23)5-7-16)22(31)19(17)20(29)24-2/h4-7,10,12H,8-9,11H2,1-3H3,(H,24,29). The van der Waals surface area contributed by atoms with Gasteiger partial charge in [0.05, 0.1) is 0 Å². The van der Waals surface area contributed by atoms with Gasteiger partial charge in [0.1, 0.15) is 11.4 Å². The van der Waals surface area contributed by atoms with Gasteiger partial charge in [0, 0.05) is 44.8 Å². The lowest BCUT2D eigenvalue weighted by atomic mass is 9.95. The van der Waals surface area contributed by atoms with Gasteiger partial charge in [0.2, 0.25) is 0 Å². The summed E-state index contributed by atoms with van der Waals surface area (Å²) in [6, 6.07) is 7.17. The molecule has 0 aliphatic carbocycles. The summed E-state index contributed by atoms with van der Waals surface area (Å²) in [5.41, 5.74) is 2.53. The van der Waals surface area contributed by atoms with Crippen molar-refractivity contribution in [3.05, 3.63) is 80.8 Å². The van der Waals surface area contributed by atoms with Crippen molar-refractivity contribution in [3.63, 3.8) is 0 Å². The van der Waals surface area contributed by atoms with E-state index in [9.17, 15) is 18.8 Å². The average Bonchev–Trinajstić information content (AvgIpc) is 3.11. The Morgan fingerprint density at radius 2 is 1.90 bits per heavy atom. The van der Waals surface area contributed by atoms with Crippen molar-refractivity contribution < 1.29 is 14.0 Å². The maximum atomic E-state index is 13.4. The molecule has 0 unspecified atom stereocenters. The maximum absolute atomic E-state index is 13.4. The molecule has 0 fully saturated rings. The number of nitrogens with one attached hydrogen (secondary N) is 1. The van der Waals surface area contributed by atoms with Crippen molar-refractivity contribution in [2.24, 2.45) is 7.05 Å². The van der Waals surface area contributed by atoms with Gasteiger partial charge in [0.15, 0.2) is 5.69 Å². The Bertz CT molecular complexity index is 1220. The topological polar surface area (TPSA) is 89.2 Å². The van der Waals surface area contributed by atoms with Gasteiger partial charge in [-0.2, -0.15) is 5.10 Å². The van der Waals surface area contributed by atoms with E-state index in [2.05, 4.69) is 10.4 Å². The Morgan fingerprint density at radius 3 is 2.52 bits per heavy atom. The van der Waals surface area contributed by atoms with Crippen LogP contribution in [0.3, 0.4) is 0 Å². The van der Waals surface area contributed by atoms with E-state index < -0.39 is 17.3 Å². The van der Waals surface area contributed by atoms with E-state index in [0.717, 1.165) is 5.69 Å². The van der Waals surface area contributed by atoms with Crippen LogP contribution in [0.2, 0.25) is 0 Å². The quantitative estimate of drug-likeness (QED) is 0.693. The summed E-state index contributed by atoms with van der Waals surface area (Å²) in [5, 5.41) is 6.78. The number of benzene rings is 1. The van der Waals surface area contributed by atoms with Crippen LogP contribution >= 0.6 is 0 Å². The first-order chi connectivity index (χ1) is 14.8. The minimum atomic E-state index is -0.488. The number of hydrogen-bond donors (Lipinski definition) is 1. The van der Waals surface area contributed by atoms with Crippen LogP contribution in [0.5, 0.6) is 0 Å². The molecular formula is C22H22FN5O3. The fourth-order valence-electron chi connectivity index (χ4n) is 3.81. The Morgan fingerprint density at radius 1 is 1.19 bits per heavy atom. The molecular weight excluding hydrogens is 401 g/mol. The zero-order valence-electron chi connectivity index (χ0n) is 17.5. The van der Waals surface area contributed by atoms with E-state index in [1.54, 1.807) is 28.9 Å². The van der Waals surface area contributed by atoms with Gasteiger partial charge in [-0.05, 0) is 54.8 Å². The zero-order valence-corrected chi connectivity index (χ0v) is 17.5. The van der Waals surface area contributed by atoms with Crippen LogP contribution < -0.4 is 10.9 Å². The van der Waals surface area contributed by atoms with Crippen LogP contribution in [-0.2, 0) is 20.0 Å². The fraction of sp³-hybridized carbons (Fsp3) is 0.273. The third kappa shape index (κ3) is 3.63. The first kappa shape index (κ1) is 20.5. The highest BCUT2D eigenvalue weighted by molar-refractivity contribution is 5.96. The highest BCUT2D eigenvalue weighted by atomic mass is 19.1. The molecule has 0 saturated heterocycles. The number of rotatable bonds is 3. The molecule has 0 radical (unpaired) electrons. The zero-order chi connectivity index (χ0) is 22.3. The molecule has 2 amide bonds. The Hall–Kier alpha value is -3.75. The van der Waals surface area contributed by atoms with Crippen LogP contribution in [0.25, 0.3) is 5.69 Å². The van der Waals surface area contributed by atoms with Crippen molar-refractivity contribution in [1.29, 1.82) is 0 Å². The minimum Gasteiger partial charge on any atom is -0.355 e. The van der Waals surface area contributed by atoms with Gasteiger partial charge in [-0.3, -0.25) is 23.6 Å². The maximum Gasteiger partial charge on any atom is 0.274 e. The second-order valence-corrected chi connectivity index (χ2v) is 7.51. The second kappa shape index (κ2) is 7.82. The number of carbonyl (C=O) groups is 2. The summed E-state index contributed by atoms with van der Waals surface area (Å²) < 4.78 is 16.3. The smallest absolute Gasteiger partial charge is 0.274 e. The number of aromatic nitrogens is 3. The van der Waals surface area contributed by atoms with E-state index in [0.29, 0.717) is 35.5 Å². The molecule has 160 valence electrons. The number of halogens is 1. The molecule has 1 aliphatic heterocycles. The van der Waals surface area contributed by atoms with Gasteiger partial charge >= 0.3 is 0 Å². The Kier molecular flexibility index (Phi) is 5.18. The number of aryl methyl sites for hydroxylation is 2. The second-order valence-electron chi connectivity index (χ2n) is 7.51. The highest BCUT2D eigenvalue weighted by Gasteiger charge is 2.29. The highest BCUT2D eigenvalue weighted by Crippen LogP contribution is 2.23. The van der Waals surface area contributed by atoms with Gasteiger partial charge in [-0.15, -0.1) is 0 Å². The number of hydrogen-bond acceptors (Lipinski definition) is 4. The Labute approximate surface area is 177 Å². The molecule has 1 aliphatic rings. The first-order valence-electron chi connectivity index (χ1n) is 9.85. The molecule has 0 spiro atoms. The van der Waals surface area contributed by atoms with Crippen molar-refractivity contribution in [3.8, 4) is 5.69 Å². The lowest BCUT2D eigenvalue weighted by Crippen LogP contribution is -2.40. The first-order valence-corrected chi connectivity index (χ1v) is 9.85. The lowest BCUT2D eigenvalue weighted by Gasteiger charge is -2.30. The van der Waals surface area contributed by atoms with E-state index >= 15 is 0 Å². The molecule has 0 saturated carbocycles. The summed E-state index contributed by atoms with van der Waals surface area (Å²) in [4.78, 5) is 40.3. The predicted molar refractivity (Wildman–Crippen MR) is 112 cm³/mol. The lowest BCUT2D eigenvalue weighted by molar-refractivity contribution is 0.0727. The van der Waals surface area contributed by atoms with Crippen LogP contribution in [0.4, 0.5) is 4.39 Å². The Balaban J connectivity index is 1.79. The molecule has 3 aromatic rings. The molecule has 0 bridgehead atoms. The SMILES string of the molecule is CNC(=O)c1c2c(cn(-c3ccc(F)cc3)c1=O)CN(C(=O)c1cc(C)n(C)n1)CC2. The molecule has 2 aromatic heterocycles. The van der Waals surface area contributed by atoms with E-state index in [1.807, 2.05) is 6.92 Å². The molecule has 8 nitrogen and oxygen atoms in total. The fourth-order valence-corrected chi connectivity index (χ4v) is 3.81. The number of fused-ring (bicyclic) bond motifs is 1. The van der Waals surface area contributed by atoms with Crippen LogP contribution in [0.15, 0.2) is 41.3 Å². The minimum absolute atomic E-state index is 0.0464. The third-order valence-electron chi connectivity index (χ3n) is 5.58. The third-order valence-corrected chi connectivity index (χ3v) is 5.58. The largest absolute Gasteiger partial charge is 0.355 e. The van der Waals surface area contributed by atoms with Crippen molar-refractivity contribution in [2.75, 3.05) is 13.6 Å². The van der Waals surface area contributed by atoms with E-state index in [-0.39, 0.29) is 18.0 Å². The molecule has 31 heavy (non-hydrogen) atoms. The normalized spacial score (nSPS) is 13.1. The number of pyridine rings is 1. The average molecular weight is 423 g/mol. The van der Waals surface area contributed by atoms with Gasteiger partial charge in [-0.25, -0.2) is 4.39 Å². The molecule has 0 atom stereocenters. The number of amides is 2. The van der Waals surface area contributed by atoms with Gasteiger partial charge in [-0.1, -0.05) is 0 Å². The van der Waals surface area contributed by atoms with Gasteiger partial charge in [0.25, 0.3) is 17.4 Å². The number of carbonyl (C=O) groups excluding carboxylic acids is 2. The summed E-state index contributed by atoms with van der Waals surface area (Å²) in [7, 11) is 3.24. The predicted octanol–water partition coefficient (Wildman–Crippen LogP) is 1.58. The van der Waals surface area contributed by atoms with E-state index in [4.69, 9.17) is 0 Å². The summed E-state index contributed by atoms with van der Waals surface area (Å²) in [6.07, 6.45) is 2.00. The summed E-state index contributed by atoms with van der Waals surface area (Å²) >= 11 is 0. The van der Waals surface area contributed by atoms with Crippen molar-refractivity contribution >= 4 is 11.8 Å². The monoisotopic (exact) mass is 423 g/mol. The van der Waals surface area contributed by atoms with Crippen LogP contribution in [0, 0.1) is 12.7 Å². The van der Waals surface area contributed by atoms with Crippen molar-refractivity contribution in [1.82, 2.24) is 24.6 Å². The van der Waals surface area contributed by atoms with Gasteiger partial charge < -0.3 is 10.2 Å². The molecule has 4 rings (SSSR count). The summed E-state index contributed by atoms with van der Waals surface area (Å²) in [6.45, 7) is 2.47. The summed E-state index contributed by atoms with van der Waals surface area (Å²) in [5.74, 6) is -1.13. The molecule has 9 heteroatoms. The molecule has 1 aromatic carbocycles. The molecule has 1 N–H and O–H groups in total. The molecule has 3 heterocycles. The van der Waals surface area contributed by atoms with Crippen LogP contribution in [-0.4, -0.2) is 44.7 Å².